The van der Waals surface area contributed by atoms with Gasteiger partial charge in [0.15, 0.2) is 0 Å². The first-order valence-corrected chi connectivity index (χ1v) is 7.11. The Kier molecular flexibility index (Phi) is 3.55. The minimum absolute atomic E-state index is 0.111. The molecule has 1 aromatic rings. The quantitative estimate of drug-likeness (QED) is 0.897. The molecule has 1 N–H and O–H groups in total. The van der Waals surface area contributed by atoms with Crippen molar-refractivity contribution in [3.63, 3.8) is 0 Å². The summed E-state index contributed by atoms with van der Waals surface area (Å²) in [5.74, 6) is 0.854. The predicted molar refractivity (Wildman–Crippen MR) is 76.7 cm³/mol. The summed E-state index contributed by atoms with van der Waals surface area (Å²) in [6, 6.07) is 1.40. The molecule has 1 saturated carbocycles. The largest absolute Gasteiger partial charge is 0.403 e. The molecule has 0 bridgehead atoms. The van der Waals surface area contributed by atoms with E-state index in [9.17, 15) is 9.59 Å². The first-order valence-electron chi connectivity index (χ1n) is 7.11. The maximum Gasteiger partial charge on any atom is 0.337 e. The molecule has 0 radical (unpaired) electrons. The van der Waals surface area contributed by atoms with Gasteiger partial charge in [0.2, 0.25) is 5.88 Å². The maximum atomic E-state index is 12.2. The summed E-state index contributed by atoms with van der Waals surface area (Å²) in [5.41, 5.74) is 0.577. The van der Waals surface area contributed by atoms with Crippen LogP contribution in [0.4, 0.5) is 5.88 Å². The van der Waals surface area contributed by atoms with Crippen LogP contribution in [-0.2, 0) is 11.3 Å². The van der Waals surface area contributed by atoms with Crippen molar-refractivity contribution in [2.24, 2.45) is 5.92 Å². The van der Waals surface area contributed by atoms with Crippen LogP contribution < -0.4 is 16.0 Å². The second-order valence-electron chi connectivity index (χ2n) is 5.48. The Balaban J connectivity index is 1.94. The minimum Gasteiger partial charge on any atom is -0.403 e. The van der Waals surface area contributed by atoms with Crippen molar-refractivity contribution in [1.29, 1.82) is 0 Å². The molecule has 3 rings (SSSR count). The number of carbonyl (C=O) groups excluding carboxylic acids is 1. The van der Waals surface area contributed by atoms with Crippen LogP contribution in [0.25, 0.3) is 0 Å². The Bertz CT molecular complexity index is 646. The normalized spacial score (nSPS) is 17.7. The topological polar surface area (TPSA) is 71.8 Å². The molecular formula is C15H18N2O4. The second-order valence-corrected chi connectivity index (χ2v) is 5.48. The Labute approximate surface area is 122 Å². The predicted octanol–water partition coefficient (Wildman–Crippen LogP) is 1.95. The second kappa shape index (κ2) is 5.37. The fourth-order valence-electron chi connectivity index (χ4n) is 2.66. The molecular weight excluding hydrogens is 272 g/mol. The molecule has 2 heterocycles. The highest BCUT2D eigenvalue weighted by Gasteiger charge is 2.32. The zero-order valence-electron chi connectivity index (χ0n) is 12.0. The molecule has 0 saturated heterocycles. The summed E-state index contributed by atoms with van der Waals surface area (Å²) in [5, 5.41) is 3.84. The molecule has 6 nitrogen and oxygen atoms in total. The zero-order chi connectivity index (χ0) is 15.0. The van der Waals surface area contributed by atoms with E-state index in [0.29, 0.717) is 17.5 Å². The van der Waals surface area contributed by atoms with E-state index in [4.69, 9.17) is 9.25 Å². The molecule has 6 heteroatoms. The smallest absolute Gasteiger partial charge is 0.337 e. The van der Waals surface area contributed by atoms with Crippen molar-refractivity contribution in [2.45, 2.75) is 32.1 Å². The van der Waals surface area contributed by atoms with Gasteiger partial charge in [0, 0.05) is 6.07 Å². The van der Waals surface area contributed by atoms with E-state index >= 15 is 0 Å². The molecule has 0 atom stereocenters. The number of rotatable bonds is 5. The highest BCUT2D eigenvalue weighted by atomic mass is 16.7. The van der Waals surface area contributed by atoms with Crippen LogP contribution in [0.1, 0.15) is 41.6 Å². The number of hydrogen-bond acceptors (Lipinski definition) is 5. The van der Waals surface area contributed by atoms with Gasteiger partial charge in [0.05, 0.1) is 7.11 Å². The Morgan fingerprint density at radius 2 is 2.24 bits per heavy atom. The van der Waals surface area contributed by atoms with Crippen LogP contribution in [0.3, 0.4) is 0 Å². The van der Waals surface area contributed by atoms with Crippen molar-refractivity contribution in [3.8, 4) is 0 Å². The van der Waals surface area contributed by atoms with Crippen LogP contribution in [0.5, 0.6) is 0 Å². The summed E-state index contributed by atoms with van der Waals surface area (Å²) in [4.78, 5) is 29.0. The average Bonchev–Trinajstić information content (AvgIpc) is 3.22. The monoisotopic (exact) mass is 290 g/mol. The van der Waals surface area contributed by atoms with Crippen molar-refractivity contribution in [1.82, 2.24) is 5.32 Å². The van der Waals surface area contributed by atoms with Crippen molar-refractivity contribution in [2.75, 3.05) is 12.2 Å². The Hall–Kier alpha value is -2.08. The van der Waals surface area contributed by atoms with Gasteiger partial charge in [0.1, 0.15) is 11.4 Å². The number of anilines is 1. The van der Waals surface area contributed by atoms with Gasteiger partial charge in [-0.3, -0.25) is 9.63 Å². The number of hydroxylamine groups is 1. The lowest BCUT2D eigenvalue weighted by Crippen LogP contribution is -2.41. The molecule has 112 valence electrons. The molecule has 1 aromatic heterocycles. The number of carbonyl (C=O) groups is 1. The van der Waals surface area contributed by atoms with E-state index in [-0.39, 0.29) is 17.6 Å². The third kappa shape index (κ3) is 2.71. The fourth-order valence-corrected chi connectivity index (χ4v) is 2.66. The van der Waals surface area contributed by atoms with Crippen LogP contribution in [0.15, 0.2) is 27.7 Å². The number of nitrogens with zero attached hydrogens (tertiary/aromatic N) is 1. The van der Waals surface area contributed by atoms with Gasteiger partial charge in [-0.05, 0) is 24.3 Å². The first-order chi connectivity index (χ1) is 10.1. The van der Waals surface area contributed by atoms with Gasteiger partial charge in [-0.1, -0.05) is 25.8 Å². The van der Waals surface area contributed by atoms with E-state index in [1.165, 1.54) is 31.1 Å². The molecule has 1 fully saturated rings. The lowest BCUT2D eigenvalue weighted by atomic mass is 10.0. The Morgan fingerprint density at radius 3 is 2.90 bits per heavy atom. The molecule has 0 aromatic carbocycles. The van der Waals surface area contributed by atoms with Crippen molar-refractivity contribution in [3.05, 3.63) is 40.0 Å². The molecule has 1 amide bonds. The van der Waals surface area contributed by atoms with E-state index in [1.54, 1.807) is 0 Å². The van der Waals surface area contributed by atoms with Gasteiger partial charge in [-0.25, -0.2) is 4.79 Å². The summed E-state index contributed by atoms with van der Waals surface area (Å²) < 4.78 is 5.15. The zero-order valence-corrected chi connectivity index (χ0v) is 12.0. The third-order valence-electron chi connectivity index (χ3n) is 3.88. The maximum absolute atomic E-state index is 12.2. The Morgan fingerprint density at radius 1 is 1.48 bits per heavy atom. The van der Waals surface area contributed by atoms with Crippen LogP contribution in [0, 0.1) is 5.92 Å². The van der Waals surface area contributed by atoms with E-state index in [2.05, 4.69) is 11.9 Å². The average molecular weight is 290 g/mol. The van der Waals surface area contributed by atoms with Crippen molar-refractivity contribution < 1.29 is 14.0 Å². The van der Waals surface area contributed by atoms with Gasteiger partial charge < -0.3 is 9.73 Å². The lowest BCUT2D eigenvalue weighted by molar-refractivity contribution is 0.0915. The number of hydrogen-bond donors (Lipinski definition) is 1. The molecule has 1 aliphatic carbocycles. The summed E-state index contributed by atoms with van der Waals surface area (Å²) in [7, 11) is 1.42. The van der Waals surface area contributed by atoms with E-state index in [0.717, 1.165) is 18.8 Å². The number of aryl methyl sites for hydroxylation is 1. The molecule has 0 unspecified atom stereocenters. The van der Waals surface area contributed by atoms with Crippen LogP contribution in [0.2, 0.25) is 0 Å². The van der Waals surface area contributed by atoms with Gasteiger partial charge in [0.25, 0.3) is 5.91 Å². The lowest BCUT2D eigenvalue weighted by Gasteiger charge is -2.29. The SMILES string of the molecule is C=C1NC(=O)c2c(CCCC3CC3)cc(=O)oc2N1OC. The minimum atomic E-state index is -0.486. The fraction of sp³-hybridized carbons (Fsp3) is 0.467. The standard InChI is InChI=1S/C15H18N2O4/c1-9-16-14(19)13-11(5-3-4-10-6-7-10)8-12(18)21-15(13)17(9)20-2/h8,10H,1,3-7H2,2H3,(H,16,19). The molecule has 0 spiro atoms. The number of nitrogens with one attached hydrogen (secondary N) is 1. The molecule has 1 aliphatic heterocycles. The van der Waals surface area contributed by atoms with E-state index in [1.807, 2.05) is 0 Å². The van der Waals surface area contributed by atoms with Gasteiger partial charge in [-0.2, -0.15) is 5.06 Å². The van der Waals surface area contributed by atoms with E-state index < -0.39 is 5.63 Å². The van der Waals surface area contributed by atoms with Crippen LogP contribution >= 0.6 is 0 Å². The number of amides is 1. The summed E-state index contributed by atoms with van der Waals surface area (Å²) in [6.07, 6.45) is 5.38. The summed E-state index contributed by atoms with van der Waals surface area (Å²) in [6.45, 7) is 3.68. The van der Waals surface area contributed by atoms with Crippen molar-refractivity contribution >= 4 is 11.8 Å². The molecule has 21 heavy (non-hydrogen) atoms. The highest BCUT2D eigenvalue weighted by molar-refractivity contribution is 6.03. The first kappa shape index (κ1) is 13.9. The third-order valence-corrected chi connectivity index (χ3v) is 3.88. The van der Waals surface area contributed by atoms with Crippen LogP contribution in [-0.4, -0.2) is 13.0 Å². The highest BCUT2D eigenvalue weighted by Crippen LogP contribution is 2.35. The van der Waals surface area contributed by atoms with Gasteiger partial charge >= 0.3 is 5.63 Å². The summed E-state index contributed by atoms with van der Waals surface area (Å²) >= 11 is 0. The molecule has 2 aliphatic rings. The number of fused-ring (bicyclic) bond motifs is 1. The van der Waals surface area contributed by atoms with Gasteiger partial charge in [-0.15, -0.1) is 0 Å².